The standard InChI is InChI=1S/C11H7BrFNO2/c12-8-4-3-7(6-9(8)13)14-11(15)10-2-1-5-16-10/h1-6H,(H,14,15). The lowest BCUT2D eigenvalue weighted by atomic mass is 10.3. The van der Waals surface area contributed by atoms with Crippen LogP contribution in [0.25, 0.3) is 0 Å². The number of carbonyl (C=O) groups is 1. The van der Waals surface area contributed by atoms with E-state index in [-0.39, 0.29) is 5.76 Å². The highest BCUT2D eigenvalue weighted by Crippen LogP contribution is 2.19. The molecular formula is C11H7BrFNO2. The van der Waals surface area contributed by atoms with Gasteiger partial charge in [0.2, 0.25) is 0 Å². The number of amides is 1. The van der Waals surface area contributed by atoms with Crippen LogP contribution in [0.1, 0.15) is 10.6 Å². The summed E-state index contributed by atoms with van der Waals surface area (Å²) in [6.45, 7) is 0. The molecule has 0 aliphatic heterocycles. The van der Waals surface area contributed by atoms with Crippen molar-refractivity contribution >= 4 is 27.5 Å². The highest BCUT2D eigenvalue weighted by atomic mass is 79.9. The summed E-state index contributed by atoms with van der Waals surface area (Å²) in [4.78, 5) is 11.5. The van der Waals surface area contributed by atoms with E-state index < -0.39 is 11.7 Å². The number of carbonyl (C=O) groups excluding carboxylic acids is 1. The Labute approximate surface area is 99.4 Å². The van der Waals surface area contributed by atoms with E-state index in [0.29, 0.717) is 10.2 Å². The molecule has 1 aromatic heterocycles. The summed E-state index contributed by atoms with van der Waals surface area (Å²) >= 11 is 3.03. The van der Waals surface area contributed by atoms with Gasteiger partial charge in [-0.25, -0.2) is 4.39 Å². The van der Waals surface area contributed by atoms with Crippen molar-refractivity contribution < 1.29 is 13.6 Å². The van der Waals surface area contributed by atoms with Gasteiger partial charge in [0.15, 0.2) is 5.76 Å². The van der Waals surface area contributed by atoms with Crippen LogP contribution in [0.5, 0.6) is 0 Å². The molecule has 5 heteroatoms. The lowest BCUT2D eigenvalue weighted by molar-refractivity contribution is 0.0996. The zero-order chi connectivity index (χ0) is 11.5. The molecule has 0 aliphatic rings. The molecule has 1 heterocycles. The Balaban J connectivity index is 2.15. The summed E-state index contributed by atoms with van der Waals surface area (Å²) < 4.78 is 18.4. The highest BCUT2D eigenvalue weighted by molar-refractivity contribution is 9.10. The fraction of sp³-hybridized carbons (Fsp3) is 0. The summed E-state index contributed by atoms with van der Waals surface area (Å²) in [5.74, 6) is -0.660. The molecular weight excluding hydrogens is 277 g/mol. The molecule has 0 saturated carbocycles. The Kier molecular flexibility index (Phi) is 3.05. The van der Waals surface area contributed by atoms with E-state index in [1.807, 2.05) is 0 Å². The monoisotopic (exact) mass is 283 g/mol. The van der Waals surface area contributed by atoms with Crippen molar-refractivity contribution in [2.24, 2.45) is 0 Å². The fourth-order valence-electron chi connectivity index (χ4n) is 1.17. The van der Waals surface area contributed by atoms with E-state index in [0.717, 1.165) is 0 Å². The molecule has 82 valence electrons. The normalized spacial score (nSPS) is 10.1. The summed E-state index contributed by atoms with van der Waals surface area (Å²) in [6.07, 6.45) is 1.40. The van der Waals surface area contributed by atoms with Crippen molar-refractivity contribution in [3.63, 3.8) is 0 Å². The quantitative estimate of drug-likeness (QED) is 0.918. The van der Waals surface area contributed by atoms with Crippen molar-refractivity contribution in [2.75, 3.05) is 5.32 Å². The maximum atomic E-state index is 13.2. The van der Waals surface area contributed by atoms with E-state index >= 15 is 0 Å². The van der Waals surface area contributed by atoms with Crippen LogP contribution in [0.2, 0.25) is 0 Å². The van der Waals surface area contributed by atoms with E-state index in [2.05, 4.69) is 21.2 Å². The topological polar surface area (TPSA) is 42.2 Å². The van der Waals surface area contributed by atoms with Crippen molar-refractivity contribution in [1.82, 2.24) is 0 Å². The first-order valence-corrected chi connectivity index (χ1v) is 5.26. The van der Waals surface area contributed by atoms with Crippen LogP contribution in [-0.2, 0) is 0 Å². The molecule has 2 rings (SSSR count). The maximum Gasteiger partial charge on any atom is 0.291 e. The van der Waals surface area contributed by atoms with Crippen LogP contribution in [0.15, 0.2) is 45.5 Å². The lowest BCUT2D eigenvalue weighted by Gasteiger charge is -2.03. The molecule has 0 bridgehead atoms. The second-order valence-electron chi connectivity index (χ2n) is 3.06. The van der Waals surface area contributed by atoms with Gasteiger partial charge < -0.3 is 9.73 Å². The van der Waals surface area contributed by atoms with Crippen molar-refractivity contribution in [2.45, 2.75) is 0 Å². The lowest BCUT2D eigenvalue weighted by Crippen LogP contribution is -2.10. The Morgan fingerprint density at radius 3 is 2.81 bits per heavy atom. The van der Waals surface area contributed by atoms with Gasteiger partial charge in [-0.3, -0.25) is 4.79 Å². The molecule has 0 unspecified atom stereocenters. The Morgan fingerprint density at radius 1 is 1.38 bits per heavy atom. The predicted octanol–water partition coefficient (Wildman–Crippen LogP) is 3.43. The summed E-state index contributed by atoms with van der Waals surface area (Å²) in [5, 5.41) is 2.52. The largest absolute Gasteiger partial charge is 0.459 e. The number of rotatable bonds is 2. The van der Waals surface area contributed by atoms with Crippen LogP contribution in [0.3, 0.4) is 0 Å². The Morgan fingerprint density at radius 2 is 2.19 bits per heavy atom. The molecule has 3 nitrogen and oxygen atoms in total. The van der Waals surface area contributed by atoms with E-state index in [1.54, 1.807) is 12.1 Å². The third-order valence-corrected chi connectivity index (χ3v) is 2.57. The van der Waals surface area contributed by atoms with Gasteiger partial charge >= 0.3 is 0 Å². The molecule has 0 atom stereocenters. The van der Waals surface area contributed by atoms with Crippen molar-refractivity contribution in [3.8, 4) is 0 Å². The summed E-state index contributed by atoms with van der Waals surface area (Å²) in [5.41, 5.74) is 0.377. The zero-order valence-corrected chi connectivity index (χ0v) is 9.62. The third kappa shape index (κ3) is 2.30. The number of hydrogen-bond donors (Lipinski definition) is 1. The van der Waals surface area contributed by atoms with Crippen LogP contribution in [-0.4, -0.2) is 5.91 Å². The molecule has 2 aromatic rings. The minimum absolute atomic E-state index is 0.184. The van der Waals surface area contributed by atoms with Gasteiger partial charge in [-0.1, -0.05) is 0 Å². The first kappa shape index (κ1) is 10.9. The molecule has 0 aliphatic carbocycles. The van der Waals surface area contributed by atoms with E-state index in [1.165, 1.54) is 24.5 Å². The number of nitrogens with one attached hydrogen (secondary N) is 1. The first-order chi connectivity index (χ1) is 7.66. The second-order valence-corrected chi connectivity index (χ2v) is 3.91. The molecule has 0 fully saturated rings. The van der Waals surface area contributed by atoms with Crippen LogP contribution in [0.4, 0.5) is 10.1 Å². The molecule has 1 amide bonds. The molecule has 0 saturated heterocycles. The van der Waals surface area contributed by atoms with Crippen LogP contribution >= 0.6 is 15.9 Å². The fourth-order valence-corrected chi connectivity index (χ4v) is 1.42. The molecule has 1 N–H and O–H groups in total. The van der Waals surface area contributed by atoms with Gasteiger partial charge in [0.05, 0.1) is 10.7 Å². The van der Waals surface area contributed by atoms with Gasteiger partial charge in [-0.15, -0.1) is 0 Å². The average Bonchev–Trinajstić information content (AvgIpc) is 2.77. The van der Waals surface area contributed by atoms with Crippen molar-refractivity contribution in [3.05, 3.63) is 52.6 Å². The SMILES string of the molecule is O=C(Nc1ccc(Br)c(F)c1)c1ccco1. The minimum atomic E-state index is -0.433. The molecule has 16 heavy (non-hydrogen) atoms. The number of hydrogen-bond acceptors (Lipinski definition) is 2. The summed E-state index contributed by atoms with van der Waals surface area (Å²) in [6, 6.07) is 7.48. The Hall–Kier alpha value is -1.62. The number of halogens is 2. The summed E-state index contributed by atoms with van der Waals surface area (Å²) in [7, 11) is 0. The third-order valence-electron chi connectivity index (χ3n) is 1.92. The first-order valence-electron chi connectivity index (χ1n) is 4.47. The number of benzene rings is 1. The van der Waals surface area contributed by atoms with Gasteiger partial charge in [-0.2, -0.15) is 0 Å². The average molecular weight is 284 g/mol. The van der Waals surface area contributed by atoms with Gasteiger partial charge in [0.1, 0.15) is 5.82 Å². The number of anilines is 1. The van der Waals surface area contributed by atoms with Crippen LogP contribution < -0.4 is 5.32 Å². The highest BCUT2D eigenvalue weighted by Gasteiger charge is 2.09. The predicted molar refractivity (Wildman–Crippen MR) is 60.8 cm³/mol. The van der Waals surface area contributed by atoms with E-state index in [9.17, 15) is 9.18 Å². The van der Waals surface area contributed by atoms with Crippen molar-refractivity contribution in [1.29, 1.82) is 0 Å². The molecule has 1 aromatic carbocycles. The maximum absolute atomic E-state index is 13.2. The van der Waals surface area contributed by atoms with E-state index in [4.69, 9.17) is 4.42 Å². The number of furan rings is 1. The second kappa shape index (κ2) is 4.49. The zero-order valence-electron chi connectivity index (χ0n) is 8.04. The minimum Gasteiger partial charge on any atom is -0.459 e. The molecule has 0 radical (unpaired) electrons. The molecule has 0 spiro atoms. The smallest absolute Gasteiger partial charge is 0.291 e. The van der Waals surface area contributed by atoms with Gasteiger partial charge in [-0.05, 0) is 46.3 Å². The van der Waals surface area contributed by atoms with Crippen LogP contribution in [0, 0.1) is 5.82 Å². The Bertz CT molecular complexity index is 511. The van der Waals surface area contributed by atoms with Gasteiger partial charge in [0.25, 0.3) is 5.91 Å². The van der Waals surface area contributed by atoms with Gasteiger partial charge in [0, 0.05) is 5.69 Å².